The molecular weight excluding hydrogens is 330 g/mol. The number of benzene rings is 2. The van der Waals surface area contributed by atoms with E-state index in [4.69, 9.17) is 4.74 Å². The van der Waals surface area contributed by atoms with E-state index in [9.17, 15) is 15.0 Å². The maximum atomic E-state index is 12.3. The van der Waals surface area contributed by atoms with Crippen molar-refractivity contribution in [2.75, 3.05) is 6.61 Å². The molecule has 0 fully saturated rings. The lowest BCUT2D eigenvalue weighted by Gasteiger charge is -2.26. The molecule has 3 N–H and O–H groups in total. The van der Waals surface area contributed by atoms with Gasteiger partial charge in [-0.15, -0.1) is 0 Å². The number of carbonyl (C=O) groups excluding carboxylic acids is 1. The number of carbonyl (C=O) groups is 1. The number of hydrogen-bond acceptors (Lipinski definition) is 4. The van der Waals surface area contributed by atoms with E-state index < -0.39 is 12.2 Å². The van der Waals surface area contributed by atoms with Crippen molar-refractivity contribution in [1.29, 1.82) is 0 Å². The lowest BCUT2D eigenvalue weighted by atomic mass is 10.0. The minimum absolute atomic E-state index is 0.0502. The van der Waals surface area contributed by atoms with Crippen molar-refractivity contribution in [2.24, 2.45) is 0 Å². The van der Waals surface area contributed by atoms with Crippen LogP contribution in [0, 0.1) is 0 Å². The van der Waals surface area contributed by atoms with Crippen LogP contribution in [0.2, 0.25) is 0 Å². The summed E-state index contributed by atoms with van der Waals surface area (Å²) >= 11 is 0. The highest BCUT2D eigenvalue weighted by Crippen LogP contribution is 2.24. The molecule has 5 heteroatoms. The van der Waals surface area contributed by atoms with Gasteiger partial charge in [0.2, 0.25) is 5.91 Å². The van der Waals surface area contributed by atoms with Gasteiger partial charge in [0.25, 0.3) is 0 Å². The predicted octanol–water partition coefficient (Wildman–Crippen LogP) is 2.97. The average molecular weight is 357 g/mol. The number of hydrogen-bond donors (Lipinski definition) is 3. The van der Waals surface area contributed by atoms with E-state index in [2.05, 4.69) is 5.32 Å². The first kappa shape index (κ1) is 19.9. The average Bonchev–Trinajstić information content (AvgIpc) is 2.62. The quantitative estimate of drug-likeness (QED) is 0.645. The van der Waals surface area contributed by atoms with E-state index in [0.29, 0.717) is 12.8 Å². The summed E-state index contributed by atoms with van der Waals surface area (Å²) in [7, 11) is 0. The van der Waals surface area contributed by atoms with Gasteiger partial charge < -0.3 is 20.3 Å². The molecule has 1 unspecified atom stereocenters. The molecule has 2 aromatic carbocycles. The molecule has 0 bridgehead atoms. The standard InChI is InChI=1S/C21H27NO4/c1-15(23)14-26-21(18-9-11-19(24)12-10-18)16(2)22-20(25)13-8-17-6-4-3-5-7-17/h3-7,9-12,15-16,21,23-24H,8,13-14H2,1-2H3,(H,22,25)/t15-,16?,21+/m1/s1. The number of aryl methyl sites for hydroxylation is 1. The fraction of sp³-hybridized carbons (Fsp3) is 0.381. The number of aliphatic hydroxyl groups excluding tert-OH is 1. The Morgan fingerprint density at radius 3 is 2.35 bits per heavy atom. The molecule has 1 amide bonds. The molecule has 3 atom stereocenters. The molecule has 0 aliphatic heterocycles. The number of aliphatic hydroxyl groups is 1. The van der Waals surface area contributed by atoms with Crippen LogP contribution >= 0.6 is 0 Å². The van der Waals surface area contributed by atoms with Gasteiger partial charge in [-0.25, -0.2) is 0 Å². The minimum Gasteiger partial charge on any atom is -0.508 e. The highest BCUT2D eigenvalue weighted by Gasteiger charge is 2.22. The number of ether oxygens (including phenoxy) is 1. The SMILES string of the molecule is CC(NC(=O)CCc1ccccc1)[C@H](OC[C@@H](C)O)c1ccc(O)cc1. The van der Waals surface area contributed by atoms with Gasteiger partial charge in [-0.3, -0.25) is 4.79 Å². The number of nitrogens with one attached hydrogen (secondary N) is 1. The Hall–Kier alpha value is -2.37. The molecule has 0 heterocycles. The van der Waals surface area contributed by atoms with E-state index in [0.717, 1.165) is 11.1 Å². The molecule has 2 rings (SSSR count). The van der Waals surface area contributed by atoms with Crippen LogP contribution in [0.5, 0.6) is 5.75 Å². The van der Waals surface area contributed by atoms with E-state index in [1.807, 2.05) is 37.3 Å². The number of rotatable bonds is 9. The minimum atomic E-state index is -0.601. The third-order valence-corrected chi connectivity index (χ3v) is 4.06. The van der Waals surface area contributed by atoms with Gasteiger partial charge in [-0.05, 0) is 43.5 Å². The van der Waals surface area contributed by atoms with Crippen LogP contribution in [0.4, 0.5) is 0 Å². The van der Waals surface area contributed by atoms with Gasteiger partial charge in [0.1, 0.15) is 11.9 Å². The summed E-state index contributed by atoms with van der Waals surface area (Å²) < 4.78 is 5.81. The van der Waals surface area contributed by atoms with Gasteiger partial charge in [0, 0.05) is 6.42 Å². The number of aromatic hydroxyl groups is 1. The van der Waals surface area contributed by atoms with Crippen molar-refractivity contribution in [3.63, 3.8) is 0 Å². The highest BCUT2D eigenvalue weighted by molar-refractivity contribution is 5.76. The lowest BCUT2D eigenvalue weighted by molar-refractivity contribution is -0.123. The summed E-state index contributed by atoms with van der Waals surface area (Å²) in [6, 6.07) is 16.3. The topological polar surface area (TPSA) is 78.8 Å². The molecule has 0 aromatic heterocycles. The Morgan fingerprint density at radius 2 is 1.73 bits per heavy atom. The first-order chi connectivity index (χ1) is 12.5. The van der Waals surface area contributed by atoms with Crippen LogP contribution in [0.15, 0.2) is 54.6 Å². The summed E-state index contributed by atoms with van der Waals surface area (Å²) in [5.74, 6) is 0.119. The molecule has 0 radical (unpaired) electrons. The van der Waals surface area contributed by atoms with E-state index in [1.165, 1.54) is 0 Å². The van der Waals surface area contributed by atoms with Crippen LogP contribution in [0.25, 0.3) is 0 Å². The molecule has 0 saturated heterocycles. The molecule has 26 heavy (non-hydrogen) atoms. The maximum Gasteiger partial charge on any atom is 0.220 e. The number of phenolic OH excluding ortho intramolecular Hbond substituents is 1. The Morgan fingerprint density at radius 1 is 1.08 bits per heavy atom. The largest absolute Gasteiger partial charge is 0.508 e. The number of amides is 1. The molecular formula is C21H27NO4. The molecule has 0 spiro atoms. The molecule has 2 aromatic rings. The van der Waals surface area contributed by atoms with E-state index in [1.54, 1.807) is 31.2 Å². The Balaban J connectivity index is 1.97. The molecule has 0 aliphatic carbocycles. The van der Waals surface area contributed by atoms with Crippen molar-refractivity contribution in [3.05, 3.63) is 65.7 Å². The zero-order chi connectivity index (χ0) is 18.9. The van der Waals surface area contributed by atoms with Gasteiger partial charge in [0.05, 0.1) is 18.8 Å². The number of phenols is 1. The summed E-state index contributed by atoms with van der Waals surface area (Å²) in [4.78, 5) is 12.3. The Labute approximate surface area is 154 Å². The summed E-state index contributed by atoms with van der Waals surface area (Å²) in [5, 5.41) is 22.0. The second-order valence-corrected chi connectivity index (χ2v) is 6.54. The fourth-order valence-corrected chi connectivity index (χ4v) is 2.74. The van der Waals surface area contributed by atoms with Crippen molar-refractivity contribution < 1.29 is 19.7 Å². The smallest absolute Gasteiger partial charge is 0.220 e. The second kappa shape index (κ2) is 9.94. The third-order valence-electron chi connectivity index (χ3n) is 4.06. The van der Waals surface area contributed by atoms with Crippen LogP contribution in [-0.2, 0) is 16.0 Å². The highest BCUT2D eigenvalue weighted by atomic mass is 16.5. The van der Waals surface area contributed by atoms with Gasteiger partial charge >= 0.3 is 0 Å². The van der Waals surface area contributed by atoms with Crippen LogP contribution in [0.1, 0.15) is 37.5 Å². The summed E-state index contributed by atoms with van der Waals surface area (Å²) in [6.07, 6.45) is 0.0617. The van der Waals surface area contributed by atoms with Crippen molar-refractivity contribution >= 4 is 5.91 Å². The second-order valence-electron chi connectivity index (χ2n) is 6.54. The molecule has 0 aliphatic rings. The van der Waals surface area contributed by atoms with Crippen LogP contribution < -0.4 is 5.32 Å². The summed E-state index contributed by atoms with van der Waals surface area (Å²) in [6.45, 7) is 3.69. The van der Waals surface area contributed by atoms with E-state index >= 15 is 0 Å². The predicted molar refractivity (Wildman–Crippen MR) is 101 cm³/mol. The van der Waals surface area contributed by atoms with Crippen molar-refractivity contribution in [2.45, 2.75) is 44.9 Å². The normalized spacial score (nSPS) is 14.4. The third kappa shape index (κ3) is 6.50. The van der Waals surface area contributed by atoms with Gasteiger partial charge in [-0.2, -0.15) is 0 Å². The monoisotopic (exact) mass is 357 g/mol. The Kier molecular flexibility index (Phi) is 7.63. The summed E-state index contributed by atoms with van der Waals surface area (Å²) in [5.41, 5.74) is 1.95. The van der Waals surface area contributed by atoms with E-state index in [-0.39, 0.29) is 24.3 Å². The zero-order valence-corrected chi connectivity index (χ0v) is 15.3. The van der Waals surface area contributed by atoms with Crippen molar-refractivity contribution in [1.82, 2.24) is 5.32 Å². The van der Waals surface area contributed by atoms with Gasteiger partial charge in [-0.1, -0.05) is 42.5 Å². The maximum absolute atomic E-state index is 12.3. The Bertz CT molecular complexity index is 670. The lowest BCUT2D eigenvalue weighted by Crippen LogP contribution is -2.38. The molecule has 140 valence electrons. The molecule has 0 saturated carbocycles. The van der Waals surface area contributed by atoms with Crippen LogP contribution in [0.3, 0.4) is 0 Å². The van der Waals surface area contributed by atoms with Gasteiger partial charge in [0.15, 0.2) is 0 Å². The fourth-order valence-electron chi connectivity index (χ4n) is 2.74. The first-order valence-corrected chi connectivity index (χ1v) is 8.87. The first-order valence-electron chi connectivity index (χ1n) is 8.87. The van der Waals surface area contributed by atoms with Crippen molar-refractivity contribution in [3.8, 4) is 5.75 Å². The zero-order valence-electron chi connectivity index (χ0n) is 15.3. The molecule has 5 nitrogen and oxygen atoms in total. The van der Waals surface area contributed by atoms with Crippen LogP contribution in [-0.4, -0.2) is 34.9 Å².